The molecule has 0 spiro atoms. The minimum Gasteiger partial charge on any atom is -0.396 e. The standard InChI is InChI=1S/C11H21NO2/c13-8-9-4-6-12(7-5-9)10-2-1-3-11(10)14/h9-11,13-14H,1-8H2/t10-,11-/m1/s1. The summed E-state index contributed by atoms with van der Waals surface area (Å²) in [4.78, 5) is 2.42. The van der Waals surface area contributed by atoms with E-state index in [1.54, 1.807) is 0 Å². The van der Waals surface area contributed by atoms with Crippen LogP contribution in [0, 0.1) is 5.92 Å². The molecule has 1 saturated carbocycles. The van der Waals surface area contributed by atoms with Gasteiger partial charge < -0.3 is 10.2 Å². The summed E-state index contributed by atoms with van der Waals surface area (Å²) in [6.07, 6.45) is 5.40. The number of aliphatic hydroxyl groups is 2. The Balaban J connectivity index is 1.82. The van der Waals surface area contributed by atoms with Crippen LogP contribution in [0.2, 0.25) is 0 Å². The van der Waals surface area contributed by atoms with Crippen LogP contribution in [0.25, 0.3) is 0 Å². The van der Waals surface area contributed by atoms with Crippen molar-refractivity contribution >= 4 is 0 Å². The van der Waals surface area contributed by atoms with E-state index in [2.05, 4.69) is 4.90 Å². The maximum absolute atomic E-state index is 9.77. The van der Waals surface area contributed by atoms with Crippen molar-refractivity contribution in [2.45, 2.75) is 44.2 Å². The average molecular weight is 199 g/mol. The number of rotatable bonds is 2. The van der Waals surface area contributed by atoms with Gasteiger partial charge in [-0.3, -0.25) is 4.90 Å². The van der Waals surface area contributed by atoms with E-state index < -0.39 is 0 Å². The Morgan fingerprint density at radius 1 is 1.07 bits per heavy atom. The SMILES string of the molecule is OCC1CCN([C@@H]2CCC[C@H]2O)CC1. The molecule has 82 valence electrons. The zero-order valence-corrected chi connectivity index (χ0v) is 8.73. The zero-order valence-electron chi connectivity index (χ0n) is 8.73. The molecule has 2 fully saturated rings. The van der Waals surface area contributed by atoms with Crippen molar-refractivity contribution in [2.75, 3.05) is 19.7 Å². The van der Waals surface area contributed by atoms with E-state index in [0.717, 1.165) is 38.8 Å². The molecule has 14 heavy (non-hydrogen) atoms. The summed E-state index contributed by atoms with van der Waals surface area (Å²) >= 11 is 0. The van der Waals surface area contributed by atoms with Gasteiger partial charge in [0.2, 0.25) is 0 Å². The summed E-state index contributed by atoms with van der Waals surface area (Å²) in [5.41, 5.74) is 0. The second-order valence-electron chi connectivity index (χ2n) is 4.73. The van der Waals surface area contributed by atoms with Crippen LogP contribution in [-0.2, 0) is 0 Å². The summed E-state index contributed by atoms with van der Waals surface area (Å²) in [7, 11) is 0. The van der Waals surface area contributed by atoms with Crippen LogP contribution in [0.1, 0.15) is 32.1 Å². The molecular weight excluding hydrogens is 178 g/mol. The second kappa shape index (κ2) is 4.60. The van der Waals surface area contributed by atoms with Crippen LogP contribution in [-0.4, -0.2) is 47.0 Å². The number of piperidine rings is 1. The third-order valence-electron chi connectivity index (χ3n) is 3.82. The number of hydrogen-bond donors (Lipinski definition) is 2. The Morgan fingerprint density at radius 2 is 1.79 bits per heavy atom. The molecule has 0 unspecified atom stereocenters. The summed E-state index contributed by atoms with van der Waals surface area (Å²) in [5, 5.41) is 18.8. The maximum Gasteiger partial charge on any atom is 0.0695 e. The van der Waals surface area contributed by atoms with E-state index in [4.69, 9.17) is 5.11 Å². The fourth-order valence-electron chi connectivity index (χ4n) is 2.81. The molecule has 3 heteroatoms. The molecule has 2 N–H and O–H groups in total. The van der Waals surface area contributed by atoms with Crippen LogP contribution >= 0.6 is 0 Å². The number of likely N-dealkylation sites (tertiary alicyclic amines) is 1. The van der Waals surface area contributed by atoms with Crippen LogP contribution < -0.4 is 0 Å². The first-order chi connectivity index (χ1) is 6.81. The lowest BCUT2D eigenvalue weighted by Gasteiger charge is -2.36. The molecule has 0 aromatic heterocycles. The highest BCUT2D eigenvalue weighted by atomic mass is 16.3. The fourth-order valence-corrected chi connectivity index (χ4v) is 2.81. The lowest BCUT2D eigenvalue weighted by atomic mass is 9.96. The first-order valence-electron chi connectivity index (χ1n) is 5.84. The highest BCUT2D eigenvalue weighted by Crippen LogP contribution is 2.27. The summed E-state index contributed by atoms with van der Waals surface area (Å²) in [6, 6.07) is 0.412. The van der Waals surface area contributed by atoms with Crippen molar-refractivity contribution < 1.29 is 10.2 Å². The van der Waals surface area contributed by atoms with Gasteiger partial charge in [-0.15, -0.1) is 0 Å². The van der Waals surface area contributed by atoms with E-state index in [0.29, 0.717) is 18.6 Å². The van der Waals surface area contributed by atoms with Crippen molar-refractivity contribution in [1.29, 1.82) is 0 Å². The molecule has 3 nitrogen and oxygen atoms in total. The van der Waals surface area contributed by atoms with Crippen LogP contribution in [0.5, 0.6) is 0 Å². The largest absolute Gasteiger partial charge is 0.396 e. The van der Waals surface area contributed by atoms with E-state index in [9.17, 15) is 5.11 Å². The van der Waals surface area contributed by atoms with E-state index in [1.165, 1.54) is 6.42 Å². The van der Waals surface area contributed by atoms with Crippen molar-refractivity contribution in [3.05, 3.63) is 0 Å². The van der Waals surface area contributed by atoms with Crippen LogP contribution in [0.4, 0.5) is 0 Å². The Labute approximate surface area is 85.7 Å². The van der Waals surface area contributed by atoms with Gasteiger partial charge in [-0.25, -0.2) is 0 Å². The van der Waals surface area contributed by atoms with Gasteiger partial charge >= 0.3 is 0 Å². The molecule has 1 aliphatic heterocycles. The molecule has 2 atom stereocenters. The Morgan fingerprint density at radius 3 is 2.29 bits per heavy atom. The highest BCUT2D eigenvalue weighted by molar-refractivity contribution is 4.87. The van der Waals surface area contributed by atoms with Crippen LogP contribution in [0.15, 0.2) is 0 Å². The second-order valence-corrected chi connectivity index (χ2v) is 4.73. The normalized spacial score (nSPS) is 36.4. The lowest BCUT2D eigenvalue weighted by Crippen LogP contribution is -2.45. The van der Waals surface area contributed by atoms with E-state index in [-0.39, 0.29) is 6.10 Å². The highest BCUT2D eigenvalue weighted by Gasteiger charge is 2.32. The zero-order chi connectivity index (χ0) is 9.97. The van der Waals surface area contributed by atoms with Gasteiger partial charge in [0.05, 0.1) is 6.10 Å². The van der Waals surface area contributed by atoms with Gasteiger partial charge in [-0.2, -0.15) is 0 Å². The molecule has 0 aromatic rings. The predicted molar refractivity (Wildman–Crippen MR) is 55.0 cm³/mol. The van der Waals surface area contributed by atoms with Crippen molar-refractivity contribution in [3.63, 3.8) is 0 Å². The number of nitrogens with zero attached hydrogens (tertiary/aromatic N) is 1. The molecule has 2 aliphatic rings. The summed E-state index contributed by atoms with van der Waals surface area (Å²) in [6.45, 7) is 2.46. The quantitative estimate of drug-likeness (QED) is 0.684. The maximum atomic E-state index is 9.77. The molecule has 2 rings (SSSR count). The lowest BCUT2D eigenvalue weighted by molar-refractivity contribution is 0.0395. The van der Waals surface area contributed by atoms with Gasteiger partial charge in [0.1, 0.15) is 0 Å². The molecular formula is C11H21NO2. The molecule has 1 aliphatic carbocycles. The topological polar surface area (TPSA) is 43.7 Å². The first-order valence-corrected chi connectivity index (χ1v) is 5.84. The van der Waals surface area contributed by atoms with Crippen molar-refractivity contribution in [2.24, 2.45) is 5.92 Å². The Bertz CT molecular complexity index is 178. The van der Waals surface area contributed by atoms with E-state index in [1.807, 2.05) is 0 Å². The summed E-state index contributed by atoms with van der Waals surface area (Å²) < 4.78 is 0. The van der Waals surface area contributed by atoms with E-state index >= 15 is 0 Å². The van der Waals surface area contributed by atoms with Gasteiger partial charge in [0.15, 0.2) is 0 Å². The summed E-state index contributed by atoms with van der Waals surface area (Å²) in [5.74, 6) is 0.504. The molecule has 0 bridgehead atoms. The third kappa shape index (κ3) is 2.10. The van der Waals surface area contributed by atoms with Gasteiger partial charge in [0.25, 0.3) is 0 Å². The minimum atomic E-state index is -0.0966. The average Bonchev–Trinajstić information content (AvgIpc) is 2.65. The van der Waals surface area contributed by atoms with Crippen molar-refractivity contribution in [1.82, 2.24) is 4.90 Å². The molecule has 0 aromatic carbocycles. The molecule has 0 radical (unpaired) electrons. The smallest absolute Gasteiger partial charge is 0.0695 e. The minimum absolute atomic E-state index is 0.0966. The fraction of sp³-hybridized carbons (Fsp3) is 1.00. The van der Waals surface area contributed by atoms with Gasteiger partial charge in [0, 0.05) is 12.6 Å². The molecule has 1 heterocycles. The number of aliphatic hydroxyl groups excluding tert-OH is 2. The Kier molecular flexibility index (Phi) is 3.42. The third-order valence-corrected chi connectivity index (χ3v) is 3.82. The van der Waals surface area contributed by atoms with Gasteiger partial charge in [-0.05, 0) is 51.1 Å². The van der Waals surface area contributed by atoms with Gasteiger partial charge in [-0.1, -0.05) is 0 Å². The monoisotopic (exact) mass is 199 g/mol. The molecule has 0 amide bonds. The predicted octanol–water partition coefficient (Wildman–Crippen LogP) is 0.604. The van der Waals surface area contributed by atoms with Crippen LogP contribution in [0.3, 0.4) is 0 Å². The van der Waals surface area contributed by atoms with Crippen molar-refractivity contribution in [3.8, 4) is 0 Å². The first kappa shape index (κ1) is 10.4. The number of hydrogen-bond acceptors (Lipinski definition) is 3. The molecule has 1 saturated heterocycles. The Hall–Kier alpha value is -0.120.